The van der Waals surface area contributed by atoms with E-state index >= 15 is 0 Å². The summed E-state index contributed by atoms with van der Waals surface area (Å²) in [5.41, 5.74) is 7.63. The van der Waals surface area contributed by atoms with Gasteiger partial charge in [0.1, 0.15) is 5.75 Å². The van der Waals surface area contributed by atoms with Crippen LogP contribution in [0.2, 0.25) is 5.02 Å². The number of aryl methyl sites for hydroxylation is 1. The molecule has 1 atom stereocenters. The summed E-state index contributed by atoms with van der Waals surface area (Å²) in [6, 6.07) is 14.4. The second kappa shape index (κ2) is 7.46. The maximum absolute atomic E-state index is 9.53. The van der Waals surface area contributed by atoms with Crippen molar-refractivity contribution in [1.82, 2.24) is 14.7 Å². The van der Waals surface area contributed by atoms with Crippen LogP contribution in [0.4, 0.5) is 0 Å². The number of para-hydroxylation sites is 1. The van der Waals surface area contributed by atoms with E-state index in [4.69, 9.17) is 21.4 Å². The first kappa shape index (κ1) is 19.2. The minimum atomic E-state index is 0.420. The lowest BCUT2D eigenvalue weighted by atomic mass is 9.91. The first-order valence-corrected chi connectivity index (χ1v) is 10.6. The van der Waals surface area contributed by atoms with E-state index in [2.05, 4.69) is 17.9 Å². The molecule has 0 fully saturated rings. The van der Waals surface area contributed by atoms with E-state index in [9.17, 15) is 5.26 Å². The molecule has 0 radical (unpaired) electrons. The third kappa shape index (κ3) is 2.99. The van der Waals surface area contributed by atoms with Crippen LogP contribution >= 0.6 is 11.6 Å². The number of aromatic nitrogens is 2. The molecule has 5 rings (SSSR count). The Morgan fingerprint density at radius 2 is 1.93 bits per heavy atom. The average Bonchev–Trinajstić information content (AvgIpc) is 3.35. The summed E-state index contributed by atoms with van der Waals surface area (Å²) in [7, 11) is 1.70. The molecule has 152 valence electrons. The minimum Gasteiger partial charge on any atom is -0.496 e. The molecule has 0 amide bonds. The molecule has 5 nitrogen and oxygen atoms in total. The van der Waals surface area contributed by atoms with Crippen LogP contribution in [0.1, 0.15) is 40.1 Å². The number of ether oxygens (including phenoxy) is 1. The van der Waals surface area contributed by atoms with E-state index < -0.39 is 0 Å². The number of benzene rings is 2. The molecule has 0 saturated carbocycles. The van der Waals surface area contributed by atoms with Gasteiger partial charge in [0.15, 0.2) is 0 Å². The maximum Gasteiger partial charge on any atom is 0.123 e. The van der Waals surface area contributed by atoms with Gasteiger partial charge in [-0.05, 0) is 61.6 Å². The molecule has 0 N–H and O–H groups in total. The molecule has 0 saturated heterocycles. The third-order valence-electron chi connectivity index (χ3n) is 6.53. The smallest absolute Gasteiger partial charge is 0.123 e. The molecule has 2 heterocycles. The number of nitrogens with zero attached hydrogens (tertiary/aromatic N) is 4. The van der Waals surface area contributed by atoms with Crippen molar-refractivity contribution in [3.63, 3.8) is 0 Å². The summed E-state index contributed by atoms with van der Waals surface area (Å²) < 4.78 is 7.56. The van der Waals surface area contributed by atoms with E-state index in [-0.39, 0.29) is 0 Å². The fourth-order valence-electron chi connectivity index (χ4n) is 4.91. The van der Waals surface area contributed by atoms with Crippen LogP contribution in [0.15, 0.2) is 36.4 Å². The van der Waals surface area contributed by atoms with Crippen molar-refractivity contribution >= 4 is 11.6 Å². The van der Waals surface area contributed by atoms with Crippen molar-refractivity contribution in [2.75, 3.05) is 7.11 Å². The molecular formula is C24H23ClN4O. The van der Waals surface area contributed by atoms with E-state index in [1.54, 1.807) is 7.11 Å². The Hall–Kier alpha value is -2.81. The van der Waals surface area contributed by atoms with Crippen LogP contribution in [0.3, 0.4) is 0 Å². The summed E-state index contributed by atoms with van der Waals surface area (Å²) in [5, 5.41) is 15.1. The quantitative estimate of drug-likeness (QED) is 0.624. The molecule has 2 aromatic carbocycles. The number of methoxy groups -OCH3 is 1. The Kier molecular flexibility index (Phi) is 4.77. The van der Waals surface area contributed by atoms with Crippen LogP contribution in [0.5, 0.6) is 5.75 Å². The van der Waals surface area contributed by atoms with Gasteiger partial charge in [0.05, 0.1) is 35.1 Å². The third-order valence-corrected chi connectivity index (χ3v) is 6.85. The summed E-state index contributed by atoms with van der Waals surface area (Å²) >= 11 is 6.43. The van der Waals surface area contributed by atoms with Crippen molar-refractivity contribution in [2.45, 2.75) is 45.3 Å². The van der Waals surface area contributed by atoms with E-state index in [1.165, 1.54) is 11.3 Å². The summed E-state index contributed by atoms with van der Waals surface area (Å²) in [5.74, 6) is 0.880. The van der Waals surface area contributed by atoms with Gasteiger partial charge in [0.25, 0.3) is 0 Å². The Bertz CT molecular complexity index is 1180. The number of nitriles is 1. The fourth-order valence-corrected chi connectivity index (χ4v) is 5.13. The monoisotopic (exact) mass is 418 g/mol. The molecule has 0 spiro atoms. The minimum absolute atomic E-state index is 0.420. The van der Waals surface area contributed by atoms with Gasteiger partial charge in [0, 0.05) is 30.4 Å². The topological polar surface area (TPSA) is 54.1 Å². The summed E-state index contributed by atoms with van der Waals surface area (Å²) in [6.07, 6.45) is 2.97. The summed E-state index contributed by atoms with van der Waals surface area (Å²) in [6.45, 7) is 3.76. The predicted molar refractivity (Wildman–Crippen MR) is 116 cm³/mol. The molecule has 1 aliphatic heterocycles. The van der Waals surface area contributed by atoms with E-state index in [0.29, 0.717) is 11.1 Å². The first-order valence-electron chi connectivity index (χ1n) is 10.3. The highest BCUT2D eigenvalue weighted by molar-refractivity contribution is 6.32. The van der Waals surface area contributed by atoms with Crippen LogP contribution < -0.4 is 4.74 Å². The molecule has 1 aromatic heterocycles. The zero-order chi connectivity index (χ0) is 20.8. The summed E-state index contributed by atoms with van der Waals surface area (Å²) in [4.78, 5) is 2.49. The molecule has 6 heteroatoms. The Morgan fingerprint density at radius 1 is 1.13 bits per heavy atom. The molecule has 1 unspecified atom stereocenters. The van der Waals surface area contributed by atoms with Gasteiger partial charge in [-0.3, -0.25) is 4.90 Å². The zero-order valence-electron chi connectivity index (χ0n) is 17.2. The normalized spacial score (nSPS) is 18.0. The Morgan fingerprint density at radius 3 is 2.70 bits per heavy atom. The van der Waals surface area contributed by atoms with E-state index in [1.807, 2.05) is 41.1 Å². The van der Waals surface area contributed by atoms with Crippen LogP contribution in [-0.4, -0.2) is 27.8 Å². The van der Waals surface area contributed by atoms with Gasteiger partial charge in [-0.2, -0.15) is 10.4 Å². The molecule has 0 bridgehead atoms. The lowest BCUT2D eigenvalue weighted by Crippen LogP contribution is -2.35. The number of fused-ring (bicyclic) bond motifs is 2. The Labute approximate surface area is 181 Å². The standard InChI is InChI=1S/C24H23ClN4O/c1-15-18-11-17(8-9-22(18)27-29(15)23-6-4-3-5-21(23)25)28-13-19-16(12-26)7-10-24(30-2)20(19)14-28/h3-7,10,17H,8-9,11,13-14H2,1-2H3. The van der Waals surface area contributed by atoms with Gasteiger partial charge in [-0.25, -0.2) is 4.68 Å². The van der Waals surface area contributed by atoms with Crippen LogP contribution in [0.25, 0.3) is 5.69 Å². The second-order valence-corrected chi connectivity index (χ2v) is 8.47. The highest BCUT2D eigenvalue weighted by atomic mass is 35.5. The maximum atomic E-state index is 9.53. The zero-order valence-corrected chi connectivity index (χ0v) is 17.9. The second-order valence-electron chi connectivity index (χ2n) is 8.06. The highest BCUT2D eigenvalue weighted by Crippen LogP contribution is 2.37. The van der Waals surface area contributed by atoms with Gasteiger partial charge >= 0.3 is 0 Å². The number of hydrogen-bond donors (Lipinski definition) is 0. The molecule has 1 aliphatic carbocycles. The largest absolute Gasteiger partial charge is 0.496 e. The number of halogens is 1. The van der Waals surface area contributed by atoms with Crippen molar-refractivity contribution in [3.8, 4) is 17.5 Å². The van der Waals surface area contributed by atoms with E-state index in [0.717, 1.165) is 66.2 Å². The lowest BCUT2D eigenvalue weighted by Gasteiger charge is -2.30. The number of hydrogen-bond acceptors (Lipinski definition) is 4. The molecule has 30 heavy (non-hydrogen) atoms. The fraction of sp³-hybridized carbons (Fsp3) is 0.333. The SMILES string of the molecule is COc1ccc(C#N)c2c1CN(C1CCc3nn(-c4ccccc4Cl)c(C)c3C1)C2. The van der Waals surface area contributed by atoms with Crippen LogP contribution in [0, 0.1) is 18.3 Å². The van der Waals surface area contributed by atoms with Gasteiger partial charge in [-0.1, -0.05) is 23.7 Å². The van der Waals surface area contributed by atoms with Gasteiger partial charge in [-0.15, -0.1) is 0 Å². The van der Waals surface area contributed by atoms with Crippen molar-refractivity contribution in [1.29, 1.82) is 5.26 Å². The Balaban J connectivity index is 1.43. The van der Waals surface area contributed by atoms with Crippen molar-refractivity contribution in [3.05, 3.63) is 75.1 Å². The molecular weight excluding hydrogens is 396 g/mol. The molecule has 2 aliphatic rings. The predicted octanol–water partition coefficient (Wildman–Crippen LogP) is 4.59. The van der Waals surface area contributed by atoms with Gasteiger partial charge < -0.3 is 4.74 Å². The van der Waals surface area contributed by atoms with Crippen molar-refractivity contribution < 1.29 is 4.74 Å². The van der Waals surface area contributed by atoms with Crippen LogP contribution in [-0.2, 0) is 25.9 Å². The highest BCUT2D eigenvalue weighted by Gasteiger charge is 2.34. The number of rotatable bonds is 3. The first-order chi connectivity index (χ1) is 14.6. The molecule has 3 aromatic rings. The van der Waals surface area contributed by atoms with Crippen molar-refractivity contribution in [2.24, 2.45) is 0 Å². The average molecular weight is 419 g/mol. The van der Waals surface area contributed by atoms with Gasteiger partial charge in [0.2, 0.25) is 0 Å². The lowest BCUT2D eigenvalue weighted by molar-refractivity contribution is 0.180.